The monoisotopic (exact) mass is 203 g/mol. The van der Waals surface area contributed by atoms with Crippen molar-refractivity contribution in [2.75, 3.05) is 0 Å². The van der Waals surface area contributed by atoms with Gasteiger partial charge < -0.3 is 4.90 Å². The van der Waals surface area contributed by atoms with Crippen molar-refractivity contribution < 1.29 is 4.79 Å². The molecule has 0 unspecified atom stereocenters. The first-order chi connectivity index (χ1) is 7.18. The Bertz CT molecular complexity index is 371. The molecule has 2 nitrogen and oxygen atoms in total. The number of rotatable bonds is 1. The maximum Gasteiger partial charge on any atom is 0.223 e. The Morgan fingerprint density at radius 3 is 2.47 bits per heavy atom. The molecule has 0 spiro atoms. The number of carbonyl (C=O) groups excluding carboxylic acids is 1. The minimum atomic E-state index is 0.279. The Labute approximate surface area is 90.9 Å². The summed E-state index contributed by atoms with van der Waals surface area (Å²) in [5, 5.41) is 0. The molecule has 0 aromatic heterocycles. The van der Waals surface area contributed by atoms with Crippen molar-refractivity contribution in [1.82, 2.24) is 4.90 Å². The molecule has 0 fully saturated rings. The van der Waals surface area contributed by atoms with E-state index >= 15 is 0 Å². The maximum atomic E-state index is 11.9. The molecule has 1 aromatic rings. The molecule has 80 valence electrons. The summed E-state index contributed by atoms with van der Waals surface area (Å²) in [6.45, 7) is 4.92. The lowest BCUT2D eigenvalue weighted by molar-refractivity contribution is -0.133. The highest BCUT2D eigenvalue weighted by Crippen LogP contribution is 2.20. The lowest BCUT2D eigenvalue weighted by Crippen LogP contribution is -2.35. The van der Waals surface area contributed by atoms with E-state index in [1.807, 2.05) is 17.0 Å². The minimum Gasteiger partial charge on any atom is -0.336 e. The fraction of sp³-hybridized carbons (Fsp3) is 0.462. The van der Waals surface area contributed by atoms with Gasteiger partial charge in [0.1, 0.15) is 0 Å². The zero-order chi connectivity index (χ0) is 10.8. The Balaban J connectivity index is 2.31. The van der Waals surface area contributed by atoms with Gasteiger partial charge in [0.2, 0.25) is 5.91 Å². The number of hydrogen-bond acceptors (Lipinski definition) is 1. The van der Waals surface area contributed by atoms with Crippen LogP contribution in [0.3, 0.4) is 0 Å². The molecule has 0 aliphatic carbocycles. The SMILES string of the molecule is CC(C)N1Cc2ccccc2CCC1=O. The first-order valence-electron chi connectivity index (χ1n) is 5.54. The van der Waals surface area contributed by atoms with Crippen molar-refractivity contribution in [1.29, 1.82) is 0 Å². The zero-order valence-electron chi connectivity index (χ0n) is 9.36. The smallest absolute Gasteiger partial charge is 0.223 e. The fourth-order valence-corrected chi connectivity index (χ4v) is 2.08. The van der Waals surface area contributed by atoms with Crippen LogP contribution in [0.15, 0.2) is 24.3 Å². The van der Waals surface area contributed by atoms with Crippen molar-refractivity contribution in [2.24, 2.45) is 0 Å². The number of aryl methyl sites for hydroxylation is 1. The molecule has 1 aromatic carbocycles. The number of benzene rings is 1. The molecule has 2 rings (SSSR count). The van der Waals surface area contributed by atoms with Crippen LogP contribution in [-0.4, -0.2) is 16.8 Å². The van der Waals surface area contributed by atoms with Gasteiger partial charge in [0.15, 0.2) is 0 Å². The van der Waals surface area contributed by atoms with E-state index in [0.717, 1.165) is 13.0 Å². The third-order valence-electron chi connectivity index (χ3n) is 3.01. The summed E-state index contributed by atoms with van der Waals surface area (Å²) in [6, 6.07) is 8.65. The van der Waals surface area contributed by atoms with Crippen molar-refractivity contribution in [3.63, 3.8) is 0 Å². The van der Waals surface area contributed by atoms with E-state index in [1.165, 1.54) is 11.1 Å². The molecule has 15 heavy (non-hydrogen) atoms. The van der Waals surface area contributed by atoms with E-state index in [4.69, 9.17) is 0 Å². The van der Waals surface area contributed by atoms with E-state index in [-0.39, 0.29) is 5.91 Å². The highest BCUT2D eigenvalue weighted by molar-refractivity contribution is 5.77. The van der Waals surface area contributed by atoms with Crippen LogP contribution in [0, 0.1) is 0 Å². The van der Waals surface area contributed by atoms with Crippen LogP contribution < -0.4 is 0 Å². The third-order valence-corrected chi connectivity index (χ3v) is 3.01. The molecule has 0 saturated carbocycles. The summed E-state index contributed by atoms with van der Waals surface area (Å²) < 4.78 is 0. The minimum absolute atomic E-state index is 0.279. The molecule has 0 N–H and O–H groups in total. The van der Waals surface area contributed by atoms with Crippen LogP contribution in [0.1, 0.15) is 31.4 Å². The first-order valence-corrected chi connectivity index (χ1v) is 5.54. The van der Waals surface area contributed by atoms with Gasteiger partial charge in [-0.2, -0.15) is 0 Å². The zero-order valence-corrected chi connectivity index (χ0v) is 9.36. The highest BCUT2D eigenvalue weighted by Gasteiger charge is 2.21. The molecule has 0 saturated heterocycles. The van der Waals surface area contributed by atoms with Crippen molar-refractivity contribution in [3.05, 3.63) is 35.4 Å². The average molecular weight is 203 g/mol. The molecular weight excluding hydrogens is 186 g/mol. The van der Waals surface area contributed by atoms with Crippen molar-refractivity contribution in [2.45, 2.75) is 39.3 Å². The predicted octanol–water partition coefficient (Wildman–Crippen LogP) is 2.37. The number of fused-ring (bicyclic) bond motifs is 1. The number of carbonyl (C=O) groups is 1. The van der Waals surface area contributed by atoms with Gasteiger partial charge in [-0.25, -0.2) is 0 Å². The highest BCUT2D eigenvalue weighted by atomic mass is 16.2. The predicted molar refractivity (Wildman–Crippen MR) is 60.4 cm³/mol. The average Bonchev–Trinajstić information content (AvgIpc) is 2.39. The second kappa shape index (κ2) is 4.05. The Hall–Kier alpha value is -1.31. The molecular formula is C13H17NO. The molecule has 2 heteroatoms. The number of hydrogen-bond donors (Lipinski definition) is 0. The lowest BCUT2D eigenvalue weighted by Gasteiger charge is -2.25. The second-order valence-corrected chi connectivity index (χ2v) is 4.38. The van der Waals surface area contributed by atoms with Crippen LogP contribution in [0.25, 0.3) is 0 Å². The summed E-state index contributed by atoms with van der Waals surface area (Å²) in [5.74, 6) is 0.279. The number of amides is 1. The molecule has 0 radical (unpaired) electrons. The maximum absolute atomic E-state index is 11.9. The van der Waals surface area contributed by atoms with Crippen LogP contribution in [0.4, 0.5) is 0 Å². The topological polar surface area (TPSA) is 20.3 Å². The van der Waals surface area contributed by atoms with E-state index in [1.54, 1.807) is 0 Å². The van der Waals surface area contributed by atoms with Gasteiger partial charge in [0.05, 0.1) is 0 Å². The quantitative estimate of drug-likeness (QED) is 0.686. The summed E-state index contributed by atoms with van der Waals surface area (Å²) in [7, 11) is 0. The van der Waals surface area contributed by atoms with Gasteiger partial charge >= 0.3 is 0 Å². The number of nitrogens with zero attached hydrogens (tertiary/aromatic N) is 1. The molecule has 0 atom stereocenters. The Morgan fingerprint density at radius 1 is 1.13 bits per heavy atom. The van der Waals surface area contributed by atoms with Gasteiger partial charge in [-0.1, -0.05) is 24.3 Å². The second-order valence-electron chi connectivity index (χ2n) is 4.38. The third kappa shape index (κ3) is 2.04. The van der Waals surface area contributed by atoms with Crippen LogP contribution >= 0.6 is 0 Å². The molecule has 1 aliphatic rings. The van der Waals surface area contributed by atoms with Crippen molar-refractivity contribution >= 4 is 5.91 Å². The van der Waals surface area contributed by atoms with Gasteiger partial charge in [-0.3, -0.25) is 4.79 Å². The van der Waals surface area contributed by atoms with Gasteiger partial charge in [0, 0.05) is 19.0 Å². The molecule has 1 amide bonds. The summed E-state index contributed by atoms with van der Waals surface area (Å²) in [6.07, 6.45) is 1.54. The van der Waals surface area contributed by atoms with Crippen LogP contribution in [0.5, 0.6) is 0 Å². The molecule has 1 heterocycles. The lowest BCUT2D eigenvalue weighted by atomic mass is 10.0. The van der Waals surface area contributed by atoms with Gasteiger partial charge in [-0.05, 0) is 31.4 Å². The van der Waals surface area contributed by atoms with Gasteiger partial charge in [-0.15, -0.1) is 0 Å². The summed E-state index contributed by atoms with van der Waals surface area (Å²) >= 11 is 0. The Morgan fingerprint density at radius 2 is 1.80 bits per heavy atom. The van der Waals surface area contributed by atoms with Crippen LogP contribution in [-0.2, 0) is 17.8 Å². The fourth-order valence-electron chi connectivity index (χ4n) is 2.08. The van der Waals surface area contributed by atoms with Crippen LogP contribution in [0.2, 0.25) is 0 Å². The molecule has 1 aliphatic heterocycles. The standard InChI is InChI=1S/C13H17NO/c1-10(2)14-9-12-6-4-3-5-11(12)7-8-13(14)15/h3-6,10H,7-9H2,1-2H3. The first kappa shape index (κ1) is 10.2. The Kier molecular flexibility index (Phi) is 2.76. The van der Waals surface area contributed by atoms with E-state index < -0.39 is 0 Å². The van der Waals surface area contributed by atoms with Gasteiger partial charge in [0.25, 0.3) is 0 Å². The van der Waals surface area contributed by atoms with Crippen molar-refractivity contribution in [3.8, 4) is 0 Å². The van der Waals surface area contributed by atoms with E-state index in [0.29, 0.717) is 12.5 Å². The van der Waals surface area contributed by atoms with E-state index in [2.05, 4.69) is 26.0 Å². The molecule has 0 bridgehead atoms. The van der Waals surface area contributed by atoms with E-state index in [9.17, 15) is 4.79 Å². The summed E-state index contributed by atoms with van der Waals surface area (Å²) in [5.41, 5.74) is 2.63. The normalized spacial score (nSPS) is 16.5. The largest absolute Gasteiger partial charge is 0.336 e. The summed E-state index contributed by atoms with van der Waals surface area (Å²) in [4.78, 5) is 13.8.